The van der Waals surface area contributed by atoms with E-state index < -0.39 is 0 Å². The van der Waals surface area contributed by atoms with Crippen LogP contribution in [0, 0.1) is 0 Å². The van der Waals surface area contributed by atoms with Gasteiger partial charge >= 0.3 is 0 Å². The molecule has 1 saturated heterocycles. The third-order valence-corrected chi connectivity index (χ3v) is 4.91. The molecule has 3 rings (SSSR count). The molecule has 1 fully saturated rings. The molecule has 0 bridgehead atoms. The molecule has 128 valence electrons. The molecule has 1 unspecified atom stereocenters. The summed E-state index contributed by atoms with van der Waals surface area (Å²) in [5.41, 5.74) is 0.850. The lowest BCUT2D eigenvalue weighted by molar-refractivity contribution is -0.116. The fourth-order valence-corrected chi connectivity index (χ4v) is 3.15. The Hall–Kier alpha value is -1.56. The minimum Gasteiger partial charge on any atom is -0.378 e. The van der Waals surface area contributed by atoms with Crippen LogP contribution in [0.5, 0.6) is 0 Å². The van der Waals surface area contributed by atoms with E-state index in [1.54, 1.807) is 23.0 Å². The van der Waals surface area contributed by atoms with E-state index in [1.807, 2.05) is 12.1 Å². The second-order valence-electron chi connectivity index (χ2n) is 5.81. The van der Waals surface area contributed by atoms with Gasteiger partial charge in [0.05, 0.1) is 28.9 Å². The average molecular weight is 368 g/mol. The van der Waals surface area contributed by atoms with Crippen LogP contribution >= 0.6 is 23.2 Å². The SMILES string of the molecule is O=C(CCC1CCCO1)Nc1ccnn1Cc1cccc(Cl)c1Cl. The molecule has 0 aliphatic carbocycles. The number of carbonyl (C=O) groups excluding carboxylic acids is 1. The highest BCUT2D eigenvalue weighted by atomic mass is 35.5. The third kappa shape index (κ3) is 4.29. The Morgan fingerprint density at radius 2 is 2.25 bits per heavy atom. The normalized spacial score (nSPS) is 17.2. The molecule has 2 heterocycles. The van der Waals surface area contributed by atoms with Crippen molar-refractivity contribution >= 4 is 34.9 Å². The number of benzene rings is 1. The Labute approximate surface area is 150 Å². The fourth-order valence-electron chi connectivity index (χ4n) is 2.77. The number of nitrogens with one attached hydrogen (secondary N) is 1. The van der Waals surface area contributed by atoms with Crippen molar-refractivity contribution in [2.75, 3.05) is 11.9 Å². The maximum absolute atomic E-state index is 12.1. The van der Waals surface area contributed by atoms with Gasteiger partial charge < -0.3 is 10.1 Å². The summed E-state index contributed by atoms with van der Waals surface area (Å²) < 4.78 is 7.24. The first-order valence-electron chi connectivity index (χ1n) is 7.99. The number of rotatable bonds is 6. The van der Waals surface area contributed by atoms with Crippen LogP contribution in [0.15, 0.2) is 30.5 Å². The van der Waals surface area contributed by atoms with Gasteiger partial charge in [-0.25, -0.2) is 4.68 Å². The Morgan fingerprint density at radius 1 is 1.38 bits per heavy atom. The van der Waals surface area contributed by atoms with Gasteiger partial charge in [0.15, 0.2) is 0 Å². The monoisotopic (exact) mass is 367 g/mol. The number of nitrogens with zero attached hydrogens (tertiary/aromatic N) is 2. The minimum atomic E-state index is -0.0376. The number of anilines is 1. The van der Waals surface area contributed by atoms with Gasteiger partial charge in [0, 0.05) is 19.1 Å². The number of aromatic nitrogens is 2. The Balaban J connectivity index is 1.60. The lowest BCUT2D eigenvalue weighted by atomic mass is 10.1. The molecule has 1 N–H and O–H groups in total. The van der Waals surface area contributed by atoms with Crippen molar-refractivity contribution in [1.82, 2.24) is 9.78 Å². The van der Waals surface area contributed by atoms with Crippen molar-refractivity contribution in [3.8, 4) is 0 Å². The van der Waals surface area contributed by atoms with Gasteiger partial charge in [-0.3, -0.25) is 4.79 Å². The van der Waals surface area contributed by atoms with E-state index in [2.05, 4.69) is 10.4 Å². The highest BCUT2D eigenvalue weighted by Crippen LogP contribution is 2.26. The standard InChI is InChI=1S/C17H19Cl2N3O2/c18-14-5-1-3-12(17(14)19)11-22-15(8-9-20-22)21-16(23)7-6-13-4-2-10-24-13/h1,3,5,8-9,13H,2,4,6-7,10-11H2,(H,21,23). The zero-order valence-corrected chi connectivity index (χ0v) is 14.7. The van der Waals surface area contributed by atoms with Crippen LogP contribution < -0.4 is 5.32 Å². The highest BCUT2D eigenvalue weighted by Gasteiger charge is 2.17. The van der Waals surface area contributed by atoms with E-state index in [9.17, 15) is 4.79 Å². The summed E-state index contributed by atoms with van der Waals surface area (Å²) in [6, 6.07) is 7.23. The Kier molecular flexibility index (Phi) is 5.76. The van der Waals surface area contributed by atoms with E-state index in [0.717, 1.165) is 31.4 Å². The third-order valence-electron chi connectivity index (χ3n) is 4.05. The number of ether oxygens (including phenoxy) is 1. The first-order valence-corrected chi connectivity index (χ1v) is 8.75. The predicted octanol–water partition coefficient (Wildman–Crippen LogP) is 4.14. The highest BCUT2D eigenvalue weighted by molar-refractivity contribution is 6.42. The van der Waals surface area contributed by atoms with E-state index in [1.165, 1.54) is 0 Å². The summed E-state index contributed by atoms with van der Waals surface area (Å²) in [4.78, 5) is 12.1. The van der Waals surface area contributed by atoms with Crippen molar-refractivity contribution in [3.05, 3.63) is 46.1 Å². The van der Waals surface area contributed by atoms with Gasteiger partial charge in [-0.1, -0.05) is 35.3 Å². The maximum Gasteiger partial charge on any atom is 0.225 e. The Bertz CT molecular complexity index is 712. The predicted molar refractivity (Wildman–Crippen MR) is 94.6 cm³/mol. The van der Waals surface area contributed by atoms with Crippen molar-refractivity contribution < 1.29 is 9.53 Å². The number of carbonyl (C=O) groups is 1. The quantitative estimate of drug-likeness (QED) is 0.834. The molecule has 0 spiro atoms. The number of hydrogen-bond donors (Lipinski definition) is 1. The molecule has 1 atom stereocenters. The van der Waals surface area contributed by atoms with Crippen molar-refractivity contribution in [2.45, 2.75) is 38.3 Å². The number of halogens is 2. The molecule has 1 aromatic carbocycles. The maximum atomic E-state index is 12.1. The fraction of sp³-hybridized carbons (Fsp3) is 0.412. The van der Waals surface area contributed by atoms with Gasteiger partial charge in [0.2, 0.25) is 5.91 Å². The lowest BCUT2D eigenvalue weighted by Crippen LogP contribution is -2.18. The van der Waals surface area contributed by atoms with Gasteiger partial charge in [-0.05, 0) is 30.9 Å². The molecule has 0 radical (unpaired) electrons. The first-order chi connectivity index (χ1) is 11.6. The zero-order valence-electron chi connectivity index (χ0n) is 13.2. The molecule has 1 amide bonds. The second kappa shape index (κ2) is 8.01. The molecule has 1 aliphatic heterocycles. The summed E-state index contributed by atoms with van der Waals surface area (Å²) in [6.45, 7) is 1.24. The van der Waals surface area contributed by atoms with Crippen LogP contribution in [0.25, 0.3) is 0 Å². The largest absolute Gasteiger partial charge is 0.378 e. The molecule has 7 heteroatoms. The average Bonchev–Trinajstić information content (AvgIpc) is 3.22. The second-order valence-corrected chi connectivity index (χ2v) is 6.59. The summed E-state index contributed by atoms with van der Waals surface area (Å²) in [6.07, 6.45) is 5.17. The van der Waals surface area contributed by atoms with Gasteiger partial charge in [-0.15, -0.1) is 0 Å². The summed E-state index contributed by atoms with van der Waals surface area (Å²) in [5.74, 6) is 0.604. The Morgan fingerprint density at radius 3 is 3.04 bits per heavy atom. The first kappa shape index (κ1) is 17.3. The zero-order chi connectivity index (χ0) is 16.9. The molecular weight excluding hydrogens is 349 g/mol. The van der Waals surface area contributed by atoms with E-state index in [4.69, 9.17) is 27.9 Å². The van der Waals surface area contributed by atoms with Crippen LogP contribution in [0.2, 0.25) is 10.0 Å². The molecule has 1 aromatic heterocycles. The van der Waals surface area contributed by atoms with Crippen LogP contribution in [-0.2, 0) is 16.1 Å². The van der Waals surface area contributed by atoms with Crippen molar-refractivity contribution in [2.24, 2.45) is 0 Å². The van der Waals surface area contributed by atoms with Crippen LogP contribution in [0.3, 0.4) is 0 Å². The topological polar surface area (TPSA) is 56.1 Å². The number of hydrogen-bond acceptors (Lipinski definition) is 3. The molecule has 1 aliphatic rings. The van der Waals surface area contributed by atoms with Crippen LogP contribution in [0.4, 0.5) is 5.82 Å². The minimum absolute atomic E-state index is 0.0376. The van der Waals surface area contributed by atoms with E-state index in [0.29, 0.717) is 28.8 Å². The summed E-state index contributed by atoms with van der Waals surface area (Å²) in [5, 5.41) is 8.16. The number of amides is 1. The molecule has 2 aromatic rings. The molecule has 5 nitrogen and oxygen atoms in total. The van der Waals surface area contributed by atoms with E-state index in [-0.39, 0.29) is 12.0 Å². The van der Waals surface area contributed by atoms with Crippen molar-refractivity contribution in [1.29, 1.82) is 0 Å². The summed E-state index contributed by atoms with van der Waals surface area (Å²) in [7, 11) is 0. The van der Waals surface area contributed by atoms with Gasteiger partial charge in [0.1, 0.15) is 5.82 Å². The van der Waals surface area contributed by atoms with Crippen LogP contribution in [0.1, 0.15) is 31.2 Å². The molecule has 0 saturated carbocycles. The van der Waals surface area contributed by atoms with Crippen LogP contribution in [-0.4, -0.2) is 28.4 Å². The molecular formula is C17H19Cl2N3O2. The van der Waals surface area contributed by atoms with E-state index >= 15 is 0 Å². The van der Waals surface area contributed by atoms with Gasteiger partial charge in [0.25, 0.3) is 0 Å². The van der Waals surface area contributed by atoms with Gasteiger partial charge in [-0.2, -0.15) is 5.10 Å². The smallest absolute Gasteiger partial charge is 0.225 e. The lowest BCUT2D eigenvalue weighted by Gasteiger charge is -2.12. The summed E-state index contributed by atoms with van der Waals surface area (Å²) >= 11 is 12.3. The van der Waals surface area contributed by atoms with Crippen molar-refractivity contribution in [3.63, 3.8) is 0 Å². The molecule has 24 heavy (non-hydrogen) atoms.